The topological polar surface area (TPSA) is 37.7 Å². The monoisotopic (exact) mass is 475 g/mol. The number of piperidine rings is 1. The number of benzene rings is 2. The smallest absolute Gasteiger partial charge is 0.415 e. The van der Waals surface area contributed by atoms with Crippen LogP contribution in [-0.2, 0) is 11.3 Å². The highest BCUT2D eigenvalue weighted by molar-refractivity contribution is 5.90. The van der Waals surface area contributed by atoms with Crippen molar-refractivity contribution < 1.29 is 27.1 Å². The predicted octanol–water partition coefficient (Wildman–Crippen LogP) is 5.77. The fourth-order valence-electron chi connectivity index (χ4n) is 5.03. The number of hydrogen-bond donors (Lipinski definition) is 0. The van der Waals surface area contributed by atoms with E-state index in [-0.39, 0.29) is 29.6 Å². The maximum absolute atomic E-state index is 14.7. The molecule has 0 radical (unpaired) electrons. The average Bonchev–Trinajstić information content (AvgIpc) is 3.36. The Kier molecular flexibility index (Phi) is 5.55. The van der Waals surface area contributed by atoms with E-state index in [2.05, 4.69) is 0 Å². The van der Waals surface area contributed by atoms with Crippen LogP contribution in [0.5, 0.6) is 0 Å². The SMILES string of the molecule is CC(C)n1cc(CN2CCC3(CC2)CN(c2ccccc2)C(=O)O3)c2c(F)c(F)c(F)c(F)c21. The Morgan fingerprint density at radius 3 is 2.26 bits per heavy atom. The fraction of sp³-hybridized carbons (Fsp3) is 0.400. The Morgan fingerprint density at radius 1 is 0.971 bits per heavy atom. The third kappa shape index (κ3) is 3.62. The molecular weight excluding hydrogens is 450 g/mol. The summed E-state index contributed by atoms with van der Waals surface area (Å²) in [4.78, 5) is 16.2. The highest BCUT2D eigenvalue weighted by atomic mass is 19.2. The summed E-state index contributed by atoms with van der Waals surface area (Å²) in [5.74, 6) is -6.36. The van der Waals surface area contributed by atoms with Gasteiger partial charge in [0.25, 0.3) is 0 Å². The molecule has 3 aromatic rings. The Labute approximate surface area is 194 Å². The Balaban J connectivity index is 1.37. The number of halogens is 4. The number of carbonyl (C=O) groups excluding carboxylic acids is 1. The van der Waals surface area contributed by atoms with E-state index in [9.17, 15) is 22.4 Å². The molecule has 1 spiro atoms. The van der Waals surface area contributed by atoms with Gasteiger partial charge in [-0.15, -0.1) is 0 Å². The van der Waals surface area contributed by atoms with E-state index in [1.165, 1.54) is 4.57 Å². The molecule has 1 amide bonds. The molecule has 34 heavy (non-hydrogen) atoms. The summed E-state index contributed by atoms with van der Waals surface area (Å²) in [5.41, 5.74) is 0.296. The van der Waals surface area contributed by atoms with Crippen molar-refractivity contribution in [1.29, 1.82) is 0 Å². The van der Waals surface area contributed by atoms with Crippen LogP contribution in [-0.4, -0.2) is 40.8 Å². The molecule has 1 aromatic heterocycles. The highest BCUT2D eigenvalue weighted by Crippen LogP contribution is 2.38. The number of ether oxygens (including phenoxy) is 1. The van der Waals surface area contributed by atoms with E-state index in [0.29, 0.717) is 38.0 Å². The van der Waals surface area contributed by atoms with Crippen molar-refractivity contribution in [2.45, 2.75) is 44.9 Å². The van der Waals surface area contributed by atoms with Crippen LogP contribution in [0.4, 0.5) is 28.0 Å². The van der Waals surface area contributed by atoms with Crippen molar-refractivity contribution in [3.8, 4) is 0 Å². The number of rotatable bonds is 4. The normalized spacial score (nSPS) is 18.4. The number of para-hydroxylation sites is 1. The maximum atomic E-state index is 14.7. The summed E-state index contributed by atoms with van der Waals surface area (Å²) < 4.78 is 64.5. The molecule has 0 saturated carbocycles. The van der Waals surface area contributed by atoms with E-state index in [0.717, 1.165) is 5.69 Å². The molecule has 180 valence electrons. The molecular formula is C25H25F4N3O2. The zero-order chi connectivity index (χ0) is 24.2. The summed E-state index contributed by atoms with van der Waals surface area (Å²) in [5, 5.41) is -0.229. The van der Waals surface area contributed by atoms with Gasteiger partial charge in [-0.1, -0.05) is 18.2 Å². The van der Waals surface area contributed by atoms with Crippen LogP contribution < -0.4 is 4.90 Å². The lowest BCUT2D eigenvalue weighted by Crippen LogP contribution is -2.46. The second kappa shape index (κ2) is 8.30. The summed E-state index contributed by atoms with van der Waals surface area (Å²) in [6, 6.07) is 9.04. The van der Waals surface area contributed by atoms with Crippen LogP contribution >= 0.6 is 0 Å². The van der Waals surface area contributed by atoms with Crippen LogP contribution in [0.1, 0.15) is 38.3 Å². The first kappa shape index (κ1) is 22.7. The molecule has 0 unspecified atom stereocenters. The standard InChI is InChI=1S/C25H25F4N3O2/c1-15(2)31-13-16(18-19(26)20(27)21(28)22(29)23(18)31)12-30-10-8-25(9-11-30)14-32(24(33)34-25)17-6-4-3-5-7-17/h3-7,13,15H,8-12,14H2,1-2H3. The zero-order valence-corrected chi connectivity index (χ0v) is 19.0. The molecule has 0 atom stereocenters. The van der Waals surface area contributed by atoms with Crippen LogP contribution in [0.25, 0.3) is 10.9 Å². The number of carbonyl (C=O) groups is 1. The zero-order valence-electron chi connectivity index (χ0n) is 19.0. The van der Waals surface area contributed by atoms with Gasteiger partial charge in [-0.3, -0.25) is 9.80 Å². The van der Waals surface area contributed by atoms with Crippen LogP contribution in [0, 0.1) is 23.3 Å². The number of nitrogens with zero attached hydrogens (tertiary/aromatic N) is 3. The van der Waals surface area contributed by atoms with Crippen molar-refractivity contribution in [2.24, 2.45) is 0 Å². The van der Waals surface area contributed by atoms with Crippen molar-refractivity contribution in [3.63, 3.8) is 0 Å². The van der Waals surface area contributed by atoms with E-state index < -0.39 is 28.9 Å². The number of amides is 1. The Morgan fingerprint density at radius 2 is 1.62 bits per heavy atom. The van der Waals surface area contributed by atoms with Gasteiger partial charge in [-0.05, 0) is 31.5 Å². The number of likely N-dealkylation sites (tertiary alicyclic amines) is 1. The Hall–Kier alpha value is -3.07. The number of hydrogen-bond acceptors (Lipinski definition) is 3. The lowest BCUT2D eigenvalue weighted by molar-refractivity contribution is -0.000902. The predicted molar refractivity (Wildman–Crippen MR) is 120 cm³/mol. The first-order valence-electron chi connectivity index (χ1n) is 11.3. The molecule has 0 aliphatic carbocycles. The van der Waals surface area contributed by atoms with Crippen molar-refractivity contribution in [3.05, 3.63) is 65.4 Å². The summed E-state index contributed by atoms with van der Waals surface area (Å²) in [6.45, 7) is 5.32. The van der Waals surface area contributed by atoms with E-state index in [4.69, 9.17) is 4.74 Å². The van der Waals surface area contributed by atoms with Gasteiger partial charge >= 0.3 is 6.09 Å². The van der Waals surface area contributed by atoms with Gasteiger partial charge in [0.1, 0.15) is 5.60 Å². The van der Waals surface area contributed by atoms with Crippen molar-refractivity contribution in [2.75, 3.05) is 24.5 Å². The number of aromatic nitrogens is 1. The number of fused-ring (bicyclic) bond motifs is 1. The minimum atomic E-state index is -1.80. The van der Waals surface area contributed by atoms with E-state index in [1.807, 2.05) is 35.2 Å². The molecule has 2 fully saturated rings. The minimum absolute atomic E-state index is 0.229. The molecule has 2 aromatic carbocycles. The van der Waals surface area contributed by atoms with Gasteiger partial charge in [0.05, 0.1) is 12.1 Å². The Bertz CT molecular complexity index is 1250. The first-order chi connectivity index (χ1) is 16.2. The molecule has 3 heterocycles. The van der Waals surface area contributed by atoms with Crippen LogP contribution in [0.3, 0.4) is 0 Å². The largest absolute Gasteiger partial charge is 0.441 e. The average molecular weight is 475 g/mol. The summed E-state index contributed by atoms with van der Waals surface area (Å²) in [6.07, 6.45) is 2.34. The third-order valence-corrected chi connectivity index (χ3v) is 6.87. The molecule has 0 bridgehead atoms. The number of anilines is 1. The molecule has 5 nitrogen and oxygen atoms in total. The van der Waals surface area contributed by atoms with Crippen LogP contribution in [0.2, 0.25) is 0 Å². The van der Waals surface area contributed by atoms with Crippen molar-refractivity contribution >= 4 is 22.7 Å². The van der Waals surface area contributed by atoms with Gasteiger partial charge in [0, 0.05) is 55.8 Å². The molecule has 9 heteroatoms. The van der Waals surface area contributed by atoms with Gasteiger partial charge < -0.3 is 9.30 Å². The summed E-state index contributed by atoms with van der Waals surface area (Å²) >= 11 is 0. The second-order valence-electron chi connectivity index (χ2n) is 9.38. The van der Waals surface area contributed by atoms with Crippen molar-refractivity contribution in [1.82, 2.24) is 9.47 Å². The van der Waals surface area contributed by atoms with Gasteiger partial charge in [-0.25, -0.2) is 22.4 Å². The second-order valence-corrected chi connectivity index (χ2v) is 9.38. The molecule has 2 saturated heterocycles. The lowest BCUT2D eigenvalue weighted by atomic mass is 9.91. The molecule has 2 aliphatic rings. The van der Waals surface area contributed by atoms with Gasteiger partial charge in [0.2, 0.25) is 0 Å². The van der Waals surface area contributed by atoms with Gasteiger partial charge in [0.15, 0.2) is 23.3 Å². The quantitative estimate of drug-likeness (QED) is 0.273. The minimum Gasteiger partial charge on any atom is -0.441 e. The van der Waals surface area contributed by atoms with E-state index >= 15 is 0 Å². The van der Waals surface area contributed by atoms with Crippen LogP contribution in [0.15, 0.2) is 36.5 Å². The third-order valence-electron chi connectivity index (χ3n) is 6.87. The highest BCUT2D eigenvalue weighted by Gasteiger charge is 2.47. The first-order valence-corrected chi connectivity index (χ1v) is 11.3. The maximum Gasteiger partial charge on any atom is 0.415 e. The molecule has 0 N–H and O–H groups in total. The van der Waals surface area contributed by atoms with E-state index in [1.54, 1.807) is 24.9 Å². The fourth-order valence-corrected chi connectivity index (χ4v) is 5.03. The molecule has 5 rings (SSSR count). The molecule has 2 aliphatic heterocycles. The summed E-state index contributed by atoms with van der Waals surface area (Å²) in [7, 11) is 0. The lowest BCUT2D eigenvalue weighted by Gasteiger charge is -2.37. The van der Waals surface area contributed by atoms with Gasteiger partial charge in [-0.2, -0.15) is 0 Å².